The fourth-order valence-electron chi connectivity index (χ4n) is 5.16. The van der Waals surface area contributed by atoms with Crippen LogP contribution in [-0.2, 0) is 0 Å². The largest absolute Gasteiger partial charge is 0.390 e. The van der Waals surface area contributed by atoms with E-state index in [1.54, 1.807) is 23.7 Å². The molecule has 2 aliphatic rings. The molecule has 0 radical (unpaired) electrons. The van der Waals surface area contributed by atoms with Crippen molar-refractivity contribution in [3.05, 3.63) is 78.8 Å². The Kier molecular flexibility index (Phi) is 5.74. The number of thiazole rings is 1. The highest BCUT2D eigenvalue weighted by molar-refractivity contribution is 7.19. The summed E-state index contributed by atoms with van der Waals surface area (Å²) in [5, 5.41) is 11.2. The number of nitrogens with zero attached hydrogens (tertiary/aromatic N) is 5. The average molecular weight is 484 g/mol. The Morgan fingerprint density at radius 3 is 2.26 bits per heavy atom. The van der Waals surface area contributed by atoms with Crippen molar-refractivity contribution in [1.82, 2.24) is 15.0 Å². The third-order valence-electron chi connectivity index (χ3n) is 7.10. The van der Waals surface area contributed by atoms with E-state index in [2.05, 4.69) is 74.4 Å². The van der Waals surface area contributed by atoms with Crippen LogP contribution in [-0.4, -0.2) is 51.8 Å². The number of rotatable bonds is 5. The van der Waals surface area contributed by atoms with Gasteiger partial charge >= 0.3 is 0 Å². The van der Waals surface area contributed by atoms with Gasteiger partial charge in [-0.1, -0.05) is 65.9 Å². The van der Waals surface area contributed by atoms with E-state index < -0.39 is 5.60 Å². The molecule has 0 bridgehead atoms. The first-order valence-corrected chi connectivity index (χ1v) is 13.0. The standard InChI is InChI=1S/C28H29N5OS/c1-28(34)17-23(18-28)20-7-9-21(10-8-20)25-26(22-5-3-2-4-6-22)35-27(31-25)33-15-13-32(14-16-33)24-19-29-11-12-30-24/h2-12,19,23,34H,13-18H2,1H3. The molecule has 0 amide bonds. The van der Waals surface area contributed by atoms with E-state index in [1.807, 2.05) is 13.1 Å². The molecule has 1 aliphatic heterocycles. The fraction of sp³-hybridized carbons (Fsp3) is 0.321. The van der Waals surface area contributed by atoms with Crippen LogP contribution in [0.25, 0.3) is 21.7 Å². The molecule has 35 heavy (non-hydrogen) atoms. The molecule has 1 aliphatic carbocycles. The van der Waals surface area contributed by atoms with Crippen LogP contribution in [0.1, 0.15) is 31.2 Å². The number of piperazine rings is 1. The summed E-state index contributed by atoms with van der Waals surface area (Å²) in [4.78, 5) is 19.7. The van der Waals surface area contributed by atoms with Gasteiger partial charge < -0.3 is 14.9 Å². The number of aliphatic hydroxyl groups is 1. The predicted octanol–water partition coefficient (Wildman–Crippen LogP) is 5.22. The summed E-state index contributed by atoms with van der Waals surface area (Å²) in [6, 6.07) is 19.4. The van der Waals surface area contributed by atoms with Crippen molar-refractivity contribution < 1.29 is 5.11 Å². The summed E-state index contributed by atoms with van der Waals surface area (Å²) in [6.07, 6.45) is 6.97. The molecule has 1 saturated carbocycles. The van der Waals surface area contributed by atoms with E-state index in [4.69, 9.17) is 4.98 Å². The van der Waals surface area contributed by atoms with Gasteiger partial charge in [-0.25, -0.2) is 9.97 Å². The summed E-state index contributed by atoms with van der Waals surface area (Å²) in [5.74, 6) is 1.38. The molecule has 178 valence electrons. The van der Waals surface area contributed by atoms with Crippen molar-refractivity contribution in [1.29, 1.82) is 0 Å². The SMILES string of the molecule is CC1(O)CC(c2ccc(-c3nc(N4CCN(c5cnccn5)CC4)sc3-c3ccccc3)cc2)C1. The maximum atomic E-state index is 10.1. The van der Waals surface area contributed by atoms with Crippen molar-refractivity contribution in [3.8, 4) is 21.7 Å². The van der Waals surface area contributed by atoms with Gasteiger partial charge in [0.2, 0.25) is 0 Å². The lowest BCUT2D eigenvalue weighted by molar-refractivity contribution is -0.0313. The van der Waals surface area contributed by atoms with Crippen molar-refractivity contribution in [2.45, 2.75) is 31.3 Å². The zero-order valence-electron chi connectivity index (χ0n) is 19.8. The van der Waals surface area contributed by atoms with E-state index in [0.29, 0.717) is 5.92 Å². The molecule has 1 saturated heterocycles. The number of aromatic nitrogens is 3. The van der Waals surface area contributed by atoms with Gasteiger partial charge in [0.1, 0.15) is 5.82 Å². The normalized spacial score (nSPS) is 22.2. The van der Waals surface area contributed by atoms with Crippen LogP contribution in [0.2, 0.25) is 0 Å². The van der Waals surface area contributed by atoms with Gasteiger partial charge in [0, 0.05) is 44.1 Å². The second-order valence-electron chi connectivity index (χ2n) is 9.80. The monoisotopic (exact) mass is 483 g/mol. The summed E-state index contributed by atoms with van der Waals surface area (Å²) < 4.78 is 0. The minimum absolute atomic E-state index is 0.448. The molecule has 3 heterocycles. The lowest BCUT2D eigenvalue weighted by Gasteiger charge is -2.41. The lowest BCUT2D eigenvalue weighted by Crippen LogP contribution is -2.46. The van der Waals surface area contributed by atoms with Crippen molar-refractivity contribution in [3.63, 3.8) is 0 Å². The summed E-state index contributed by atoms with van der Waals surface area (Å²) in [5.41, 5.74) is 4.17. The van der Waals surface area contributed by atoms with Gasteiger partial charge in [0.15, 0.2) is 5.13 Å². The van der Waals surface area contributed by atoms with Crippen LogP contribution in [0.3, 0.4) is 0 Å². The summed E-state index contributed by atoms with van der Waals surface area (Å²) >= 11 is 1.77. The molecular formula is C28H29N5OS. The molecular weight excluding hydrogens is 454 g/mol. The Hall–Kier alpha value is -3.29. The van der Waals surface area contributed by atoms with Gasteiger partial charge in [-0.05, 0) is 36.8 Å². The van der Waals surface area contributed by atoms with Crippen molar-refractivity contribution in [2.75, 3.05) is 36.0 Å². The fourth-order valence-corrected chi connectivity index (χ4v) is 6.30. The zero-order valence-corrected chi connectivity index (χ0v) is 20.7. The smallest absolute Gasteiger partial charge is 0.186 e. The van der Waals surface area contributed by atoms with Crippen LogP contribution in [0.5, 0.6) is 0 Å². The minimum atomic E-state index is -0.509. The Labute approximate surface area is 209 Å². The Balaban J connectivity index is 1.26. The highest BCUT2D eigenvalue weighted by Crippen LogP contribution is 2.45. The highest BCUT2D eigenvalue weighted by Gasteiger charge is 2.39. The molecule has 6 nitrogen and oxygen atoms in total. The highest BCUT2D eigenvalue weighted by atomic mass is 32.1. The van der Waals surface area contributed by atoms with Crippen molar-refractivity contribution >= 4 is 22.3 Å². The Morgan fingerprint density at radius 1 is 0.886 bits per heavy atom. The maximum Gasteiger partial charge on any atom is 0.186 e. The van der Waals surface area contributed by atoms with Crippen LogP contribution in [0.4, 0.5) is 10.9 Å². The number of anilines is 2. The Morgan fingerprint density at radius 2 is 1.60 bits per heavy atom. The van der Waals surface area contributed by atoms with Gasteiger partial charge in [-0.2, -0.15) is 0 Å². The van der Waals surface area contributed by atoms with E-state index >= 15 is 0 Å². The first-order chi connectivity index (χ1) is 17.1. The molecule has 2 aromatic carbocycles. The van der Waals surface area contributed by atoms with Gasteiger partial charge in [0.25, 0.3) is 0 Å². The third kappa shape index (κ3) is 4.54. The minimum Gasteiger partial charge on any atom is -0.390 e. The molecule has 4 aromatic rings. The van der Waals surface area contributed by atoms with Crippen LogP contribution < -0.4 is 9.80 Å². The van der Waals surface area contributed by atoms with E-state index in [0.717, 1.165) is 61.2 Å². The molecule has 0 unspecified atom stereocenters. The molecule has 7 heteroatoms. The Bertz CT molecular complexity index is 1270. The average Bonchev–Trinajstić information content (AvgIpc) is 3.34. The van der Waals surface area contributed by atoms with E-state index in [9.17, 15) is 5.11 Å². The molecule has 0 atom stereocenters. The first kappa shape index (κ1) is 22.2. The van der Waals surface area contributed by atoms with E-state index in [1.165, 1.54) is 16.0 Å². The molecule has 6 rings (SSSR count). The maximum absolute atomic E-state index is 10.1. The summed E-state index contributed by atoms with van der Waals surface area (Å²) in [7, 11) is 0. The third-order valence-corrected chi connectivity index (χ3v) is 8.27. The van der Waals surface area contributed by atoms with Gasteiger partial charge in [-0.15, -0.1) is 0 Å². The van der Waals surface area contributed by atoms with Gasteiger partial charge in [-0.3, -0.25) is 4.98 Å². The van der Waals surface area contributed by atoms with Crippen LogP contribution in [0, 0.1) is 0 Å². The number of hydrogen-bond acceptors (Lipinski definition) is 7. The van der Waals surface area contributed by atoms with Crippen molar-refractivity contribution in [2.24, 2.45) is 0 Å². The second kappa shape index (κ2) is 9.06. The zero-order chi connectivity index (χ0) is 23.8. The molecule has 2 fully saturated rings. The second-order valence-corrected chi connectivity index (χ2v) is 10.8. The van der Waals surface area contributed by atoms with Crippen LogP contribution >= 0.6 is 11.3 Å². The lowest BCUT2D eigenvalue weighted by atomic mass is 9.69. The first-order valence-electron chi connectivity index (χ1n) is 12.2. The number of benzene rings is 2. The molecule has 2 aromatic heterocycles. The van der Waals surface area contributed by atoms with Crippen LogP contribution in [0.15, 0.2) is 73.2 Å². The molecule has 1 N–H and O–H groups in total. The van der Waals surface area contributed by atoms with Gasteiger partial charge in [0.05, 0.1) is 22.4 Å². The summed E-state index contributed by atoms with van der Waals surface area (Å²) in [6.45, 7) is 5.52. The van der Waals surface area contributed by atoms with E-state index in [-0.39, 0.29) is 0 Å². The topological polar surface area (TPSA) is 65.4 Å². The quantitative estimate of drug-likeness (QED) is 0.420. The number of hydrogen-bond donors (Lipinski definition) is 1. The predicted molar refractivity (Wildman–Crippen MR) is 142 cm³/mol. The molecule has 0 spiro atoms.